The molecule has 3 rings (SSSR count). The Hall–Kier alpha value is -2.79. The first kappa shape index (κ1) is 17.0. The smallest absolute Gasteiger partial charge is 0.276 e. The lowest BCUT2D eigenvalue weighted by molar-refractivity contribution is 0.102. The first-order valence-corrected chi connectivity index (χ1v) is 8.21. The number of anilines is 1. The molecule has 0 unspecified atom stereocenters. The molecule has 0 aliphatic heterocycles. The molecule has 3 aromatic rings. The van der Waals surface area contributed by atoms with Gasteiger partial charge in [0, 0.05) is 11.9 Å². The monoisotopic (exact) mass is 355 g/mol. The van der Waals surface area contributed by atoms with Gasteiger partial charge in [0.25, 0.3) is 5.91 Å². The Kier molecular flexibility index (Phi) is 5.05. The summed E-state index contributed by atoms with van der Waals surface area (Å²) in [4.78, 5) is 12.4. The third kappa shape index (κ3) is 4.00. The Morgan fingerprint density at radius 2 is 1.84 bits per heavy atom. The van der Waals surface area contributed by atoms with Crippen LogP contribution in [0.25, 0.3) is 0 Å². The van der Waals surface area contributed by atoms with Crippen LogP contribution in [-0.2, 0) is 6.73 Å². The maximum Gasteiger partial charge on any atom is 0.276 e. The minimum Gasteiger partial charge on any atom is -0.470 e. The molecular formula is C19H18ClN3O2. The van der Waals surface area contributed by atoms with Gasteiger partial charge in [-0.1, -0.05) is 41.9 Å². The molecule has 25 heavy (non-hydrogen) atoms. The molecule has 1 heterocycles. The van der Waals surface area contributed by atoms with Crippen LogP contribution >= 0.6 is 11.6 Å². The number of nitrogens with zero attached hydrogens (tertiary/aromatic N) is 2. The van der Waals surface area contributed by atoms with E-state index in [4.69, 9.17) is 16.3 Å². The van der Waals surface area contributed by atoms with E-state index in [-0.39, 0.29) is 12.6 Å². The van der Waals surface area contributed by atoms with Crippen molar-refractivity contribution in [1.29, 1.82) is 0 Å². The highest BCUT2D eigenvalue weighted by Gasteiger charge is 2.12. The van der Waals surface area contributed by atoms with Gasteiger partial charge < -0.3 is 10.1 Å². The van der Waals surface area contributed by atoms with Crippen LogP contribution in [0, 0.1) is 13.8 Å². The van der Waals surface area contributed by atoms with Crippen LogP contribution in [0.3, 0.4) is 0 Å². The second-order valence-corrected chi connectivity index (χ2v) is 6.07. The summed E-state index contributed by atoms with van der Waals surface area (Å²) in [7, 11) is 0. The van der Waals surface area contributed by atoms with Crippen molar-refractivity contribution in [2.24, 2.45) is 0 Å². The lowest BCUT2D eigenvalue weighted by Gasteiger charge is -2.10. The maximum absolute atomic E-state index is 12.4. The van der Waals surface area contributed by atoms with E-state index >= 15 is 0 Å². The Morgan fingerprint density at radius 1 is 1.12 bits per heavy atom. The summed E-state index contributed by atoms with van der Waals surface area (Å²) in [5.41, 5.74) is 3.16. The molecule has 0 aliphatic carbocycles. The molecule has 0 aliphatic rings. The van der Waals surface area contributed by atoms with Crippen molar-refractivity contribution < 1.29 is 9.53 Å². The molecule has 0 saturated carbocycles. The first-order chi connectivity index (χ1) is 12.0. The van der Waals surface area contributed by atoms with Crippen LogP contribution in [0.2, 0.25) is 5.02 Å². The van der Waals surface area contributed by atoms with Crippen LogP contribution in [0.4, 0.5) is 5.69 Å². The van der Waals surface area contributed by atoms with Crippen LogP contribution in [-0.4, -0.2) is 15.7 Å². The van der Waals surface area contributed by atoms with Gasteiger partial charge in [-0.05, 0) is 43.2 Å². The van der Waals surface area contributed by atoms with E-state index in [0.29, 0.717) is 16.5 Å². The number of hydrogen-bond donors (Lipinski definition) is 1. The SMILES string of the molecule is Cc1cccc(C)c1NC(=O)c1ccn(COc2ccccc2Cl)n1. The molecule has 128 valence electrons. The number of carbonyl (C=O) groups excluding carboxylic acids is 1. The second-order valence-electron chi connectivity index (χ2n) is 5.67. The highest BCUT2D eigenvalue weighted by atomic mass is 35.5. The molecule has 2 aromatic carbocycles. The quantitative estimate of drug-likeness (QED) is 0.736. The summed E-state index contributed by atoms with van der Waals surface area (Å²) >= 11 is 6.05. The topological polar surface area (TPSA) is 56.2 Å². The van der Waals surface area contributed by atoms with Crippen molar-refractivity contribution in [3.63, 3.8) is 0 Å². The van der Waals surface area contributed by atoms with Crippen LogP contribution in [0.5, 0.6) is 5.75 Å². The van der Waals surface area contributed by atoms with E-state index in [1.807, 2.05) is 44.2 Å². The molecule has 0 spiro atoms. The summed E-state index contributed by atoms with van der Waals surface area (Å²) < 4.78 is 7.15. The number of rotatable bonds is 5. The zero-order valence-corrected chi connectivity index (χ0v) is 14.7. The number of amides is 1. The summed E-state index contributed by atoms with van der Waals surface area (Å²) in [5.74, 6) is 0.315. The van der Waals surface area contributed by atoms with Crippen molar-refractivity contribution >= 4 is 23.2 Å². The van der Waals surface area contributed by atoms with Gasteiger partial charge in [0.15, 0.2) is 12.4 Å². The number of para-hydroxylation sites is 2. The molecule has 0 bridgehead atoms. The van der Waals surface area contributed by atoms with Gasteiger partial charge in [0.2, 0.25) is 0 Å². The molecular weight excluding hydrogens is 338 g/mol. The fraction of sp³-hybridized carbons (Fsp3) is 0.158. The van der Waals surface area contributed by atoms with Gasteiger partial charge in [-0.25, -0.2) is 4.68 Å². The number of hydrogen-bond acceptors (Lipinski definition) is 3. The van der Waals surface area contributed by atoms with Crippen molar-refractivity contribution in [3.05, 3.63) is 76.6 Å². The minimum atomic E-state index is -0.256. The molecule has 0 saturated heterocycles. The summed E-state index contributed by atoms with van der Waals surface area (Å²) in [6.07, 6.45) is 1.69. The van der Waals surface area contributed by atoms with Gasteiger partial charge in [0.05, 0.1) is 5.02 Å². The largest absolute Gasteiger partial charge is 0.470 e. The number of carbonyl (C=O) groups is 1. The zero-order chi connectivity index (χ0) is 17.8. The average molecular weight is 356 g/mol. The van der Waals surface area contributed by atoms with E-state index < -0.39 is 0 Å². The molecule has 0 radical (unpaired) electrons. The van der Waals surface area contributed by atoms with Crippen molar-refractivity contribution in [2.45, 2.75) is 20.6 Å². The number of aromatic nitrogens is 2. The van der Waals surface area contributed by atoms with Crippen LogP contribution in [0.1, 0.15) is 21.6 Å². The highest BCUT2D eigenvalue weighted by Crippen LogP contribution is 2.23. The minimum absolute atomic E-state index is 0.167. The second kappa shape index (κ2) is 7.40. The molecule has 6 heteroatoms. The van der Waals surface area contributed by atoms with Gasteiger partial charge in [-0.15, -0.1) is 0 Å². The lowest BCUT2D eigenvalue weighted by Crippen LogP contribution is -2.15. The summed E-state index contributed by atoms with van der Waals surface area (Å²) in [6.45, 7) is 4.08. The average Bonchev–Trinajstić information content (AvgIpc) is 3.06. The molecule has 0 fully saturated rings. The highest BCUT2D eigenvalue weighted by molar-refractivity contribution is 6.32. The number of benzene rings is 2. The third-order valence-corrected chi connectivity index (χ3v) is 4.09. The number of nitrogens with one attached hydrogen (secondary N) is 1. The summed E-state index contributed by atoms with van der Waals surface area (Å²) in [5, 5.41) is 7.69. The predicted molar refractivity (Wildman–Crippen MR) is 98.2 cm³/mol. The Labute approximate surface area is 151 Å². The predicted octanol–water partition coefficient (Wildman–Crippen LogP) is 4.44. The standard InChI is InChI=1S/C19H18ClN3O2/c1-13-6-5-7-14(2)18(13)21-19(24)16-10-11-23(22-16)12-25-17-9-4-3-8-15(17)20/h3-11H,12H2,1-2H3,(H,21,24). The van der Waals surface area contributed by atoms with Gasteiger partial charge in [-0.2, -0.15) is 5.10 Å². The maximum atomic E-state index is 12.4. The lowest BCUT2D eigenvalue weighted by atomic mass is 10.1. The van der Waals surface area contributed by atoms with Gasteiger partial charge in [-0.3, -0.25) is 4.79 Å². The van der Waals surface area contributed by atoms with E-state index in [1.54, 1.807) is 29.1 Å². The number of aryl methyl sites for hydroxylation is 2. The van der Waals surface area contributed by atoms with Gasteiger partial charge in [0.1, 0.15) is 5.75 Å². The molecule has 1 aromatic heterocycles. The van der Waals surface area contributed by atoms with Crippen molar-refractivity contribution in [3.8, 4) is 5.75 Å². The van der Waals surface area contributed by atoms with Crippen molar-refractivity contribution in [2.75, 3.05) is 5.32 Å². The van der Waals surface area contributed by atoms with E-state index in [9.17, 15) is 4.79 Å². The van der Waals surface area contributed by atoms with E-state index in [1.165, 1.54) is 0 Å². The normalized spacial score (nSPS) is 10.5. The number of ether oxygens (including phenoxy) is 1. The van der Waals surface area contributed by atoms with Crippen LogP contribution in [0.15, 0.2) is 54.7 Å². The zero-order valence-electron chi connectivity index (χ0n) is 14.0. The summed E-state index contributed by atoms with van der Waals surface area (Å²) in [6, 6.07) is 14.7. The van der Waals surface area contributed by atoms with E-state index in [2.05, 4.69) is 10.4 Å². The Morgan fingerprint density at radius 3 is 2.56 bits per heavy atom. The Bertz CT molecular complexity index is 885. The van der Waals surface area contributed by atoms with Crippen molar-refractivity contribution in [1.82, 2.24) is 9.78 Å². The van der Waals surface area contributed by atoms with E-state index in [0.717, 1.165) is 16.8 Å². The van der Waals surface area contributed by atoms with Gasteiger partial charge >= 0.3 is 0 Å². The Balaban J connectivity index is 1.67. The molecule has 1 N–H and O–H groups in total. The number of halogens is 1. The molecule has 1 amide bonds. The fourth-order valence-corrected chi connectivity index (χ4v) is 2.63. The molecule has 0 atom stereocenters. The fourth-order valence-electron chi connectivity index (χ4n) is 2.44. The molecule has 5 nitrogen and oxygen atoms in total. The first-order valence-electron chi connectivity index (χ1n) is 7.83. The third-order valence-electron chi connectivity index (χ3n) is 3.78. The van der Waals surface area contributed by atoms with Crippen LogP contribution < -0.4 is 10.1 Å².